The molecule has 0 saturated heterocycles. The molecule has 146 valence electrons. The molecule has 0 atom stereocenters. The van der Waals surface area contributed by atoms with Crippen molar-refractivity contribution in [1.29, 1.82) is 0 Å². The van der Waals surface area contributed by atoms with E-state index in [0.29, 0.717) is 21.1 Å². The average Bonchev–Trinajstić information content (AvgIpc) is 3.24. The summed E-state index contributed by atoms with van der Waals surface area (Å²) in [7, 11) is 0. The fourth-order valence-electron chi connectivity index (χ4n) is 3.09. The lowest BCUT2D eigenvalue weighted by Gasteiger charge is -2.07. The summed E-state index contributed by atoms with van der Waals surface area (Å²) in [4.78, 5) is 29.1. The van der Waals surface area contributed by atoms with E-state index in [0.717, 1.165) is 16.9 Å². The largest absolute Gasteiger partial charge is 0.321 e. The summed E-state index contributed by atoms with van der Waals surface area (Å²) in [6, 6.07) is 12.2. The second-order valence-corrected chi connectivity index (χ2v) is 7.83. The number of anilines is 1. The third-order valence-corrected chi connectivity index (χ3v) is 6.04. The minimum atomic E-state index is -0.428. The Morgan fingerprint density at radius 1 is 1.14 bits per heavy atom. The Kier molecular flexibility index (Phi) is 4.63. The molecule has 4 rings (SSSR count). The van der Waals surface area contributed by atoms with Crippen LogP contribution in [-0.2, 0) is 0 Å². The molecule has 0 spiro atoms. The molecule has 8 heteroatoms. The van der Waals surface area contributed by atoms with E-state index in [1.54, 1.807) is 18.3 Å². The Balaban J connectivity index is 1.64. The number of carbonyl (C=O) groups is 1. The average molecular weight is 406 g/mol. The number of imidazole rings is 1. The second-order valence-electron chi connectivity index (χ2n) is 6.86. The zero-order valence-corrected chi connectivity index (χ0v) is 16.9. The SMILES string of the molecule is Cc1ccc(NC(=O)c2sc3nc(-c4cccc([N+](=O)[O-])c4)cn3c2C)cc1C. The summed E-state index contributed by atoms with van der Waals surface area (Å²) in [5, 5.41) is 13.9. The number of nitro benzene ring substituents is 1. The van der Waals surface area contributed by atoms with Crippen molar-refractivity contribution in [3.05, 3.63) is 80.5 Å². The number of non-ortho nitro benzene ring substituents is 1. The number of rotatable bonds is 4. The molecule has 0 aliphatic heterocycles. The topological polar surface area (TPSA) is 89.5 Å². The molecule has 0 aliphatic rings. The maximum atomic E-state index is 12.8. The van der Waals surface area contributed by atoms with E-state index >= 15 is 0 Å². The number of hydrogen-bond donors (Lipinski definition) is 1. The van der Waals surface area contributed by atoms with E-state index in [2.05, 4.69) is 10.3 Å². The van der Waals surface area contributed by atoms with Gasteiger partial charge in [-0.3, -0.25) is 19.3 Å². The summed E-state index contributed by atoms with van der Waals surface area (Å²) in [6.07, 6.45) is 1.80. The molecule has 0 fully saturated rings. The van der Waals surface area contributed by atoms with Gasteiger partial charge in [0.1, 0.15) is 4.88 Å². The summed E-state index contributed by atoms with van der Waals surface area (Å²) < 4.78 is 1.84. The summed E-state index contributed by atoms with van der Waals surface area (Å²) in [6.45, 7) is 5.89. The zero-order chi connectivity index (χ0) is 20.7. The molecule has 0 aliphatic carbocycles. The van der Waals surface area contributed by atoms with Gasteiger partial charge in [-0.25, -0.2) is 4.98 Å². The fourth-order valence-corrected chi connectivity index (χ4v) is 4.09. The molecule has 7 nitrogen and oxygen atoms in total. The van der Waals surface area contributed by atoms with Crippen LogP contribution in [0.25, 0.3) is 16.2 Å². The van der Waals surface area contributed by atoms with E-state index in [9.17, 15) is 14.9 Å². The number of aryl methyl sites for hydroxylation is 3. The minimum absolute atomic E-state index is 0.0176. The van der Waals surface area contributed by atoms with Gasteiger partial charge in [0.2, 0.25) is 0 Å². The van der Waals surface area contributed by atoms with Gasteiger partial charge >= 0.3 is 0 Å². The Hall–Kier alpha value is -3.52. The molecule has 1 amide bonds. The van der Waals surface area contributed by atoms with Crippen molar-refractivity contribution in [2.45, 2.75) is 20.8 Å². The number of carbonyl (C=O) groups excluding carboxylic acids is 1. The first-order valence-electron chi connectivity index (χ1n) is 8.95. The number of nitrogens with zero attached hydrogens (tertiary/aromatic N) is 3. The van der Waals surface area contributed by atoms with Crippen LogP contribution in [0, 0.1) is 30.9 Å². The monoisotopic (exact) mass is 406 g/mol. The molecular formula is C21H18N4O3S. The van der Waals surface area contributed by atoms with Crippen LogP contribution in [0.5, 0.6) is 0 Å². The second kappa shape index (κ2) is 7.14. The van der Waals surface area contributed by atoms with Gasteiger partial charge in [-0.15, -0.1) is 0 Å². The first-order valence-corrected chi connectivity index (χ1v) is 9.77. The number of amides is 1. The van der Waals surface area contributed by atoms with Gasteiger partial charge in [-0.1, -0.05) is 29.5 Å². The minimum Gasteiger partial charge on any atom is -0.321 e. The molecule has 2 aromatic carbocycles. The molecule has 0 bridgehead atoms. The van der Waals surface area contributed by atoms with Crippen LogP contribution >= 0.6 is 11.3 Å². The number of thiazole rings is 1. The molecule has 0 radical (unpaired) electrons. The van der Waals surface area contributed by atoms with E-state index in [4.69, 9.17) is 0 Å². The maximum absolute atomic E-state index is 12.8. The summed E-state index contributed by atoms with van der Waals surface area (Å²) in [5.74, 6) is -0.182. The van der Waals surface area contributed by atoms with Crippen molar-refractivity contribution >= 4 is 33.6 Å². The van der Waals surface area contributed by atoms with Crippen molar-refractivity contribution in [2.75, 3.05) is 5.32 Å². The predicted molar refractivity (Wildman–Crippen MR) is 114 cm³/mol. The quantitative estimate of drug-likeness (QED) is 0.375. The van der Waals surface area contributed by atoms with Gasteiger partial charge in [0.25, 0.3) is 11.6 Å². The maximum Gasteiger partial charge on any atom is 0.270 e. The van der Waals surface area contributed by atoms with Crippen molar-refractivity contribution in [1.82, 2.24) is 9.38 Å². The van der Waals surface area contributed by atoms with Crippen LogP contribution in [-0.4, -0.2) is 20.2 Å². The van der Waals surface area contributed by atoms with E-state index in [1.807, 2.05) is 43.4 Å². The number of benzene rings is 2. The Bertz CT molecular complexity index is 1270. The standard InChI is InChI=1S/C21H18N4O3S/c1-12-7-8-16(9-13(12)2)22-20(26)19-14(3)24-11-18(23-21(24)29-19)15-5-4-6-17(10-15)25(27)28/h4-11H,1-3H3,(H,22,26). The third kappa shape index (κ3) is 3.50. The highest BCUT2D eigenvalue weighted by Gasteiger charge is 2.19. The smallest absolute Gasteiger partial charge is 0.270 e. The van der Waals surface area contributed by atoms with E-state index in [-0.39, 0.29) is 11.6 Å². The third-order valence-electron chi connectivity index (χ3n) is 4.88. The number of nitrogens with one attached hydrogen (secondary N) is 1. The van der Waals surface area contributed by atoms with Crippen molar-refractivity contribution in [3.63, 3.8) is 0 Å². The fraction of sp³-hybridized carbons (Fsp3) is 0.143. The molecule has 0 saturated carbocycles. The number of nitro groups is 1. The highest BCUT2D eigenvalue weighted by Crippen LogP contribution is 2.29. The first kappa shape index (κ1) is 18.8. The van der Waals surface area contributed by atoms with E-state index in [1.165, 1.54) is 29.0 Å². The van der Waals surface area contributed by atoms with E-state index < -0.39 is 4.92 Å². The number of aromatic nitrogens is 2. The van der Waals surface area contributed by atoms with Gasteiger partial charge in [0, 0.05) is 35.3 Å². The molecule has 1 N–H and O–H groups in total. The molecule has 2 heterocycles. The lowest BCUT2D eigenvalue weighted by Crippen LogP contribution is -2.12. The Morgan fingerprint density at radius 3 is 2.62 bits per heavy atom. The molecule has 2 aromatic heterocycles. The van der Waals surface area contributed by atoms with Crippen LogP contribution in [0.15, 0.2) is 48.7 Å². The summed E-state index contributed by atoms with van der Waals surface area (Å²) in [5.41, 5.74) is 5.12. The first-order chi connectivity index (χ1) is 13.8. The molecule has 29 heavy (non-hydrogen) atoms. The van der Waals surface area contributed by atoms with Crippen LogP contribution in [0.1, 0.15) is 26.5 Å². The number of fused-ring (bicyclic) bond motifs is 1. The summed E-state index contributed by atoms with van der Waals surface area (Å²) >= 11 is 1.29. The normalized spacial score (nSPS) is 11.0. The van der Waals surface area contributed by atoms with Gasteiger partial charge in [-0.05, 0) is 44.0 Å². The molecular weight excluding hydrogens is 388 g/mol. The lowest BCUT2D eigenvalue weighted by molar-refractivity contribution is -0.384. The van der Waals surface area contributed by atoms with Gasteiger partial charge in [-0.2, -0.15) is 0 Å². The van der Waals surface area contributed by atoms with Gasteiger partial charge in [0.05, 0.1) is 10.6 Å². The Labute approximate surface area is 170 Å². The highest BCUT2D eigenvalue weighted by atomic mass is 32.1. The van der Waals surface area contributed by atoms with Crippen molar-refractivity contribution in [3.8, 4) is 11.3 Å². The zero-order valence-electron chi connectivity index (χ0n) is 16.1. The van der Waals surface area contributed by atoms with Crippen molar-refractivity contribution < 1.29 is 9.72 Å². The predicted octanol–water partition coefficient (Wildman–Crippen LogP) is 5.15. The number of hydrogen-bond acceptors (Lipinski definition) is 5. The van der Waals surface area contributed by atoms with Crippen LogP contribution < -0.4 is 5.32 Å². The highest BCUT2D eigenvalue weighted by molar-refractivity contribution is 7.19. The van der Waals surface area contributed by atoms with Crippen LogP contribution in [0.3, 0.4) is 0 Å². The van der Waals surface area contributed by atoms with Gasteiger partial charge < -0.3 is 5.32 Å². The van der Waals surface area contributed by atoms with Crippen molar-refractivity contribution in [2.24, 2.45) is 0 Å². The van der Waals surface area contributed by atoms with Crippen LogP contribution in [0.4, 0.5) is 11.4 Å². The Morgan fingerprint density at radius 2 is 1.93 bits per heavy atom. The van der Waals surface area contributed by atoms with Gasteiger partial charge in [0.15, 0.2) is 4.96 Å². The molecule has 4 aromatic rings. The molecule has 0 unspecified atom stereocenters. The lowest BCUT2D eigenvalue weighted by atomic mass is 10.1. The van der Waals surface area contributed by atoms with Crippen LogP contribution in [0.2, 0.25) is 0 Å².